The second-order valence-corrected chi connectivity index (χ2v) is 9.39. The summed E-state index contributed by atoms with van der Waals surface area (Å²) in [6.45, 7) is 3.84. The van der Waals surface area contributed by atoms with Gasteiger partial charge in [-0.1, -0.05) is 12.1 Å². The summed E-state index contributed by atoms with van der Waals surface area (Å²) < 4.78 is 62.8. The van der Waals surface area contributed by atoms with Crippen molar-refractivity contribution in [2.24, 2.45) is 4.99 Å². The van der Waals surface area contributed by atoms with Gasteiger partial charge in [0.2, 0.25) is 0 Å². The van der Waals surface area contributed by atoms with Crippen molar-refractivity contribution in [3.05, 3.63) is 42.1 Å². The number of rotatable bonds is 6. The lowest BCUT2D eigenvalue weighted by atomic mass is 10.1. The minimum absolute atomic E-state index is 0.0130. The third kappa shape index (κ3) is 6.03. The van der Waals surface area contributed by atoms with Crippen LogP contribution in [0.25, 0.3) is 11.4 Å². The number of halogens is 3. The van der Waals surface area contributed by atoms with Crippen LogP contribution in [0.15, 0.2) is 52.0 Å². The summed E-state index contributed by atoms with van der Waals surface area (Å²) in [5, 5.41) is 6.06. The predicted octanol–water partition coefficient (Wildman–Crippen LogP) is 4.07. The van der Waals surface area contributed by atoms with E-state index in [1.165, 1.54) is 12.1 Å². The van der Waals surface area contributed by atoms with Crippen molar-refractivity contribution in [1.82, 2.24) is 9.97 Å². The Hall–Kier alpha value is -2.95. The molecule has 1 aromatic carbocycles. The zero-order valence-corrected chi connectivity index (χ0v) is 18.0. The van der Waals surface area contributed by atoms with Crippen LogP contribution >= 0.6 is 0 Å². The number of sulfone groups is 1. The van der Waals surface area contributed by atoms with Crippen molar-refractivity contribution in [1.29, 1.82) is 0 Å². The monoisotopic (exact) mass is 453 g/mol. The van der Waals surface area contributed by atoms with Crippen LogP contribution in [0.3, 0.4) is 0 Å². The van der Waals surface area contributed by atoms with Gasteiger partial charge in [-0.05, 0) is 32.1 Å². The predicted molar refractivity (Wildman–Crippen MR) is 114 cm³/mol. The van der Waals surface area contributed by atoms with Gasteiger partial charge in [0.05, 0.1) is 4.90 Å². The van der Waals surface area contributed by atoms with E-state index in [9.17, 15) is 21.6 Å². The Morgan fingerprint density at radius 3 is 2.45 bits per heavy atom. The lowest BCUT2D eigenvalue weighted by molar-refractivity contribution is -0.0580. The molecule has 11 heteroatoms. The number of anilines is 2. The molecule has 0 aliphatic carbocycles. The highest BCUT2D eigenvalue weighted by molar-refractivity contribution is 7.90. The van der Waals surface area contributed by atoms with E-state index in [-0.39, 0.29) is 29.1 Å². The molecule has 0 amide bonds. The van der Waals surface area contributed by atoms with E-state index >= 15 is 0 Å². The second kappa shape index (κ2) is 8.66. The van der Waals surface area contributed by atoms with Gasteiger partial charge in [-0.2, -0.15) is 13.2 Å². The molecule has 2 aromatic rings. The normalized spacial score (nSPS) is 14.8. The molecule has 0 atom stereocenters. The fourth-order valence-corrected chi connectivity index (χ4v) is 3.56. The first-order valence-electron chi connectivity index (χ1n) is 9.47. The molecule has 0 saturated heterocycles. The molecule has 3 rings (SSSR count). The molecule has 0 fully saturated rings. The summed E-state index contributed by atoms with van der Waals surface area (Å²) in [4.78, 5) is 12.5. The van der Waals surface area contributed by atoms with Gasteiger partial charge < -0.3 is 10.6 Å². The van der Waals surface area contributed by atoms with Crippen molar-refractivity contribution in [3.63, 3.8) is 0 Å². The Morgan fingerprint density at radius 2 is 1.81 bits per heavy atom. The third-order valence-corrected chi connectivity index (χ3v) is 5.35. The number of dihydropyridines is 1. The first-order valence-corrected chi connectivity index (χ1v) is 11.4. The van der Waals surface area contributed by atoms with Crippen molar-refractivity contribution in [2.75, 3.05) is 23.4 Å². The summed E-state index contributed by atoms with van der Waals surface area (Å²) in [5.74, 6) is 0.973. The van der Waals surface area contributed by atoms with Crippen LogP contribution < -0.4 is 10.6 Å². The first kappa shape index (κ1) is 22.7. The molecule has 166 valence electrons. The Morgan fingerprint density at radius 1 is 1.10 bits per heavy atom. The Balaban J connectivity index is 2.00. The SMILES string of the molecule is CC(C)Nc1cc(NC2=CC(C(F)(F)F)=NCC2)nc(-c2cccc(S(C)(=O)=O)c2)n1. The quantitative estimate of drug-likeness (QED) is 0.685. The van der Waals surface area contributed by atoms with Gasteiger partial charge in [-0.3, -0.25) is 4.99 Å². The standard InChI is InChI=1S/C20H22F3N5O2S/c1-12(2)25-17-11-18(26-14-7-8-24-16(10-14)20(21,22)23)28-19(27-17)13-5-4-6-15(9-13)31(3,29)30/h4-6,9-12H,7-8H2,1-3H3,(H2,25,26,27,28). The molecule has 0 unspecified atom stereocenters. The first-order chi connectivity index (χ1) is 14.4. The lowest BCUT2D eigenvalue weighted by Crippen LogP contribution is -2.25. The molecule has 0 spiro atoms. The number of nitrogens with zero attached hydrogens (tertiary/aromatic N) is 3. The fourth-order valence-electron chi connectivity index (χ4n) is 2.89. The van der Waals surface area contributed by atoms with E-state index in [0.717, 1.165) is 12.3 Å². The van der Waals surface area contributed by atoms with Gasteiger partial charge in [0.15, 0.2) is 15.7 Å². The number of hydrogen-bond donors (Lipinski definition) is 2. The Bertz CT molecular complexity index is 1140. The van der Waals surface area contributed by atoms with E-state index < -0.39 is 21.7 Å². The highest BCUT2D eigenvalue weighted by Crippen LogP contribution is 2.26. The number of aromatic nitrogens is 2. The lowest BCUT2D eigenvalue weighted by Gasteiger charge is -2.18. The number of alkyl halides is 3. The average molecular weight is 453 g/mol. The van der Waals surface area contributed by atoms with Crippen molar-refractivity contribution < 1.29 is 21.6 Å². The zero-order valence-electron chi connectivity index (χ0n) is 17.2. The van der Waals surface area contributed by atoms with Crippen LogP contribution in [0.4, 0.5) is 24.8 Å². The number of allylic oxidation sites excluding steroid dienone is 1. The molecule has 2 heterocycles. The second-order valence-electron chi connectivity index (χ2n) is 7.37. The molecule has 0 radical (unpaired) electrons. The maximum Gasteiger partial charge on any atom is 0.432 e. The molecule has 0 saturated carbocycles. The number of hydrogen-bond acceptors (Lipinski definition) is 7. The summed E-state index contributed by atoms with van der Waals surface area (Å²) in [6, 6.07) is 7.81. The van der Waals surface area contributed by atoms with Crippen molar-refractivity contribution in [2.45, 2.75) is 37.4 Å². The molecule has 0 bridgehead atoms. The van der Waals surface area contributed by atoms with Crippen LogP contribution in [-0.2, 0) is 9.84 Å². The van der Waals surface area contributed by atoms with Crippen molar-refractivity contribution >= 4 is 27.2 Å². The van der Waals surface area contributed by atoms with Crippen LogP contribution in [0.2, 0.25) is 0 Å². The summed E-state index contributed by atoms with van der Waals surface area (Å²) in [5.41, 5.74) is -0.155. The molecule has 31 heavy (non-hydrogen) atoms. The minimum Gasteiger partial charge on any atom is -0.368 e. The molecular weight excluding hydrogens is 431 g/mol. The Labute approximate surface area is 178 Å². The van der Waals surface area contributed by atoms with E-state index in [2.05, 4.69) is 25.6 Å². The van der Waals surface area contributed by atoms with Crippen LogP contribution in [0.1, 0.15) is 20.3 Å². The number of benzene rings is 1. The van der Waals surface area contributed by atoms with Crippen LogP contribution in [0.5, 0.6) is 0 Å². The van der Waals surface area contributed by atoms with E-state index in [1.807, 2.05) is 13.8 Å². The smallest absolute Gasteiger partial charge is 0.368 e. The van der Waals surface area contributed by atoms with Gasteiger partial charge in [0, 0.05) is 42.6 Å². The van der Waals surface area contributed by atoms with Gasteiger partial charge in [0.25, 0.3) is 0 Å². The molecular formula is C20H22F3N5O2S. The summed E-state index contributed by atoms with van der Waals surface area (Å²) in [6.07, 6.45) is -2.16. The number of aliphatic imine (C=N–C) groups is 1. The van der Waals surface area contributed by atoms with Gasteiger partial charge in [-0.25, -0.2) is 18.4 Å². The molecule has 7 nitrogen and oxygen atoms in total. The minimum atomic E-state index is -4.53. The highest BCUT2D eigenvalue weighted by atomic mass is 32.2. The van der Waals surface area contributed by atoms with Crippen LogP contribution in [-0.4, -0.2) is 49.1 Å². The Kier molecular flexibility index (Phi) is 6.35. The maximum absolute atomic E-state index is 13.0. The maximum atomic E-state index is 13.0. The summed E-state index contributed by atoms with van der Waals surface area (Å²) in [7, 11) is -3.43. The fraction of sp³-hybridized carbons (Fsp3) is 0.350. The van der Waals surface area contributed by atoms with E-state index in [1.54, 1.807) is 18.2 Å². The van der Waals surface area contributed by atoms with E-state index in [0.29, 0.717) is 23.5 Å². The van der Waals surface area contributed by atoms with Crippen LogP contribution in [0, 0.1) is 0 Å². The molecule has 1 aromatic heterocycles. The van der Waals surface area contributed by atoms with Crippen molar-refractivity contribution in [3.8, 4) is 11.4 Å². The van der Waals surface area contributed by atoms with Gasteiger partial charge in [-0.15, -0.1) is 0 Å². The summed E-state index contributed by atoms with van der Waals surface area (Å²) >= 11 is 0. The number of nitrogens with one attached hydrogen (secondary N) is 2. The average Bonchev–Trinajstić information content (AvgIpc) is 2.66. The van der Waals surface area contributed by atoms with Gasteiger partial charge in [0.1, 0.15) is 17.3 Å². The molecule has 2 N–H and O–H groups in total. The largest absolute Gasteiger partial charge is 0.432 e. The van der Waals surface area contributed by atoms with Gasteiger partial charge >= 0.3 is 6.18 Å². The van der Waals surface area contributed by atoms with E-state index in [4.69, 9.17) is 0 Å². The molecule has 1 aliphatic heterocycles. The topological polar surface area (TPSA) is 96.3 Å². The third-order valence-electron chi connectivity index (χ3n) is 4.24. The molecule has 1 aliphatic rings. The zero-order chi connectivity index (χ0) is 22.8. The highest BCUT2D eigenvalue weighted by Gasteiger charge is 2.35.